The first-order chi connectivity index (χ1) is 9.83. The molecule has 2 rings (SSSR count). The SMILES string of the molecule is O=C(O)C1(NCc2cccc(C(F)(F)F)c2)CCCCC1. The molecule has 0 unspecified atom stereocenters. The van der Waals surface area contributed by atoms with Crippen LogP contribution in [0, 0.1) is 0 Å². The molecule has 0 heterocycles. The summed E-state index contributed by atoms with van der Waals surface area (Å²) in [7, 11) is 0. The van der Waals surface area contributed by atoms with Gasteiger partial charge in [0, 0.05) is 6.54 Å². The Bertz CT molecular complexity index is 508. The molecule has 2 N–H and O–H groups in total. The molecule has 21 heavy (non-hydrogen) atoms. The predicted octanol–water partition coefficient (Wildman–Crippen LogP) is 3.58. The second kappa shape index (κ2) is 6.05. The fraction of sp³-hybridized carbons (Fsp3) is 0.533. The van der Waals surface area contributed by atoms with Crippen molar-refractivity contribution in [1.82, 2.24) is 5.32 Å². The standard InChI is InChI=1S/C15H18F3NO2/c16-15(17,18)12-6-4-5-11(9-12)10-19-14(13(20)21)7-2-1-3-8-14/h4-6,9,19H,1-3,7-8,10H2,(H,20,21). The summed E-state index contributed by atoms with van der Waals surface area (Å²) in [5, 5.41) is 12.4. The van der Waals surface area contributed by atoms with E-state index in [1.807, 2.05) is 0 Å². The van der Waals surface area contributed by atoms with E-state index < -0.39 is 23.2 Å². The van der Waals surface area contributed by atoms with E-state index in [2.05, 4.69) is 5.32 Å². The average Bonchev–Trinajstić information content (AvgIpc) is 2.45. The van der Waals surface area contributed by atoms with Crippen LogP contribution < -0.4 is 5.32 Å². The van der Waals surface area contributed by atoms with Crippen LogP contribution in [0.1, 0.15) is 43.2 Å². The van der Waals surface area contributed by atoms with E-state index in [9.17, 15) is 23.1 Å². The quantitative estimate of drug-likeness (QED) is 0.893. The van der Waals surface area contributed by atoms with Crippen LogP contribution in [0.2, 0.25) is 0 Å². The smallest absolute Gasteiger partial charge is 0.416 e. The Hall–Kier alpha value is -1.56. The number of aliphatic carboxylic acids is 1. The van der Waals surface area contributed by atoms with Crippen molar-refractivity contribution in [3.63, 3.8) is 0 Å². The van der Waals surface area contributed by atoms with Crippen molar-refractivity contribution in [2.24, 2.45) is 0 Å². The van der Waals surface area contributed by atoms with Crippen molar-refractivity contribution in [1.29, 1.82) is 0 Å². The Morgan fingerprint density at radius 1 is 1.24 bits per heavy atom. The Balaban J connectivity index is 2.09. The number of benzene rings is 1. The van der Waals surface area contributed by atoms with Crippen molar-refractivity contribution in [3.8, 4) is 0 Å². The number of rotatable bonds is 4. The zero-order valence-electron chi connectivity index (χ0n) is 11.5. The summed E-state index contributed by atoms with van der Waals surface area (Å²) in [6.07, 6.45) is -0.710. The van der Waals surface area contributed by atoms with Crippen LogP contribution in [0.15, 0.2) is 24.3 Å². The zero-order valence-corrected chi connectivity index (χ0v) is 11.5. The van der Waals surface area contributed by atoms with Crippen LogP contribution in [0.25, 0.3) is 0 Å². The molecule has 1 aromatic rings. The lowest BCUT2D eigenvalue weighted by atomic mass is 9.81. The van der Waals surface area contributed by atoms with Gasteiger partial charge in [-0.2, -0.15) is 13.2 Å². The maximum atomic E-state index is 12.7. The molecular weight excluding hydrogens is 283 g/mol. The van der Waals surface area contributed by atoms with Crippen LogP contribution in [-0.4, -0.2) is 16.6 Å². The average molecular weight is 301 g/mol. The normalized spacial score (nSPS) is 18.4. The van der Waals surface area contributed by atoms with E-state index in [4.69, 9.17) is 0 Å². The van der Waals surface area contributed by atoms with Gasteiger partial charge < -0.3 is 5.11 Å². The number of carboxylic acid groups (broad SMARTS) is 1. The molecule has 1 aliphatic carbocycles. The third-order valence-corrected chi connectivity index (χ3v) is 4.00. The Kier molecular flexibility index (Phi) is 4.56. The highest BCUT2D eigenvalue weighted by atomic mass is 19.4. The number of carbonyl (C=O) groups is 1. The predicted molar refractivity (Wildman–Crippen MR) is 71.7 cm³/mol. The number of hydrogen-bond donors (Lipinski definition) is 2. The fourth-order valence-electron chi connectivity index (χ4n) is 2.75. The van der Waals surface area contributed by atoms with Gasteiger partial charge in [0.2, 0.25) is 0 Å². The van der Waals surface area contributed by atoms with Crippen LogP contribution in [-0.2, 0) is 17.5 Å². The van der Waals surface area contributed by atoms with Crippen molar-refractivity contribution in [2.45, 2.75) is 50.4 Å². The van der Waals surface area contributed by atoms with Crippen molar-refractivity contribution < 1.29 is 23.1 Å². The van der Waals surface area contributed by atoms with E-state index in [0.29, 0.717) is 18.4 Å². The molecular formula is C15H18F3NO2. The summed E-state index contributed by atoms with van der Waals surface area (Å²) in [6, 6.07) is 4.98. The highest BCUT2D eigenvalue weighted by molar-refractivity contribution is 5.78. The summed E-state index contributed by atoms with van der Waals surface area (Å²) in [4.78, 5) is 11.5. The molecule has 0 aromatic heterocycles. The second-order valence-electron chi connectivity index (χ2n) is 5.50. The minimum absolute atomic E-state index is 0.121. The Morgan fingerprint density at radius 2 is 1.90 bits per heavy atom. The lowest BCUT2D eigenvalue weighted by molar-refractivity contribution is -0.146. The molecule has 0 aliphatic heterocycles. The molecule has 0 atom stereocenters. The van der Waals surface area contributed by atoms with E-state index in [1.54, 1.807) is 6.07 Å². The van der Waals surface area contributed by atoms with Gasteiger partial charge in [-0.1, -0.05) is 37.5 Å². The van der Waals surface area contributed by atoms with Gasteiger partial charge in [0.05, 0.1) is 5.56 Å². The molecule has 1 saturated carbocycles. The summed E-state index contributed by atoms with van der Waals surface area (Å²) < 4.78 is 38.0. The molecule has 0 saturated heterocycles. The van der Waals surface area contributed by atoms with Gasteiger partial charge in [-0.25, -0.2) is 0 Å². The summed E-state index contributed by atoms with van der Waals surface area (Å²) in [5.41, 5.74) is -1.28. The van der Waals surface area contributed by atoms with Gasteiger partial charge in [0.15, 0.2) is 0 Å². The van der Waals surface area contributed by atoms with Crippen LogP contribution >= 0.6 is 0 Å². The van der Waals surface area contributed by atoms with Gasteiger partial charge >= 0.3 is 12.1 Å². The molecule has 6 heteroatoms. The zero-order chi connectivity index (χ0) is 15.5. The Morgan fingerprint density at radius 3 is 2.48 bits per heavy atom. The molecule has 1 fully saturated rings. The maximum absolute atomic E-state index is 12.7. The summed E-state index contributed by atoms with van der Waals surface area (Å²) >= 11 is 0. The number of carboxylic acids is 1. The lowest BCUT2D eigenvalue weighted by Crippen LogP contribution is -2.52. The van der Waals surface area contributed by atoms with Crippen molar-refractivity contribution >= 4 is 5.97 Å². The van der Waals surface area contributed by atoms with Crippen LogP contribution in [0.4, 0.5) is 13.2 Å². The first kappa shape index (κ1) is 15.8. The monoisotopic (exact) mass is 301 g/mol. The van der Waals surface area contributed by atoms with E-state index in [0.717, 1.165) is 31.4 Å². The number of hydrogen-bond acceptors (Lipinski definition) is 2. The van der Waals surface area contributed by atoms with Crippen molar-refractivity contribution in [2.75, 3.05) is 0 Å². The highest BCUT2D eigenvalue weighted by Gasteiger charge is 2.39. The number of alkyl halides is 3. The van der Waals surface area contributed by atoms with Gasteiger partial charge in [0.25, 0.3) is 0 Å². The fourth-order valence-corrected chi connectivity index (χ4v) is 2.75. The van der Waals surface area contributed by atoms with Gasteiger partial charge in [-0.05, 0) is 24.5 Å². The lowest BCUT2D eigenvalue weighted by Gasteiger charge is -2.34. The molecule has 0 bridgehead atoms. The molecule has 3 nitrogen and oxygen atoms in total. The first-order valence-corrected chi connectivity index (χ1v) is 6.98. The minimum atomic E-state index is -4.38. The molecule has 0 spiro atoms. The van der Waals surface area contributed by atoms with Gasteiger partial charge in [-0.3, -0.25) is 10.1 Å². The highest BCUT2D eigenvalue weighted by Crippen LogP contribution is 2.31. The third kappa shape index (κ3) is 3.75. The van der Waals surface area contributed by atoms with E-state index >= 15 is 0 Å². The first-order valence-electron chi connectivity index (χ1n) is 6.98. The second-order valence-corrected chi connectivity index (χ2v) is 5.50. The summed E-state index contributed by atoms with van der Waals surface area (Å²) in [6.45, 7) is 0.121. The van der Waals surface area contributed by atoms with E-state index in [-0.39, 0.29) is 6.54 Å². The van der Waals surface area contributed by atoms with Crippen LogP contribution in [0.5, 0.6) is 0 Å². The molecule has 0 amide bonds. The number of halogens is 3. The topological polar surface area (TPSA) is 49.3 Å². The van der Waals surface area contributed by atoms with Gasteiger partial charge in [-0.15, -0.1) is 0 Å². The molecule has 1 aromatic carbocycles. The minimum Gasteiger partial charge on any atom is -0.480 e. The third-order valence-electron chi connectivity index (χ3n) is 4.00. The molecule has 0 radical (unpaired) electrons. The summed E-state index contributed by atoms with van der Waals surface area (Å²) in [5.74, 6) is -0.922. The van der Waals surface area contributed by atoms with E-state index in [1.165, 1.54) is 6.07 Å². The molecule has 116 valence electrons. The Labute approximate surface area is 121 Å². The number of nitrogens with one attached hydrogen (secondary N) is 1. The maximum Gasteiger partial charge on any atom is 0.416 e. The van der Waals surface area contributed by atoms with Crippen molar-refractivity contribution in [3.05, 3.63) is 35.4 Å². The van der Waals surface area contributed by atoms with Crippen LogP contribution in [0.3, 0.4) is 0 Å². The molecule has 1 aliphatic rings. The largest absolute Gasteiger partial charge is 0.480 e. The van der Waals surface area contributed by atoms with Gasteiger partial charge in [0.1, 0.15) is 5.54 Å².